The number of nitrogens with zero attached hydrogens (tertiary/aromatic N) is 1. The molecule has 0 unspecified atom stereocenters. The van der Waals surface area contributed by atoms with Crippen LogP contribution in [0.1, 0.15) is 10.4 Å². The number of methoxy groups -OCH3 is 1. The third kappa shape index (κ3) is 5.44. The molecule has 2 N–H and O–H groups in total. The summed E-state index contributed by atoms with van der Waals surface area (Å²) in [7, 11) is 1.60. The van der Waals surface area contributed by atoms with Gasteiger partial charge in [-0.1, -0.05) is 0 Å². The number of carbonyl (C=O) groups excluding carboxylic acids is 1. The van der Waals surface area contributed by atoms with Gasteiger partial charge in [0, 0.05) is 17.4 Å². The van der Waals surface area contributed by atoms with E-state index in [0.29, 0.717) is 36.0 Å². The van der Waals surface area contributed by atoms with Gasteiger partial charge in [-0.25, -0.2) is 9.37 Å². The van der Waals surface area contributed by atoms with Crippen LogP contribution in [0.4, 0.5) is 15.9 Å². The summed E-state index contributed by atoms with van der Waals surface area (Å²) in [6.07, 6.45) is 1.54. The molecule has 0 aliphatic carbocycles. The van der Waals surface area contributed by atoms with Crippen molar-refractivity contribution in [3.63, 3.8) is 0 Å². The first kappa shape index (κ1) is 19.2. The molecule has 0 spiro atoms. The summed E-state index contributed by atoms with van der Waals surface area (Å²) in [4.78, 5) is 16.5. The van der Waals surface area contributed by atoms with Crippen molar-refractivity contribution >= 4 is 17.4 Å². The first-order chi connectivity index (χ1) is 13.6. The summed E-state index contributed by atoms with van der Waals surface area (Å²) in [6.45, 7) is 0.692. The Labute approximate surface area is 162 Å². The summed E-state index contributed by atoms with van der Waals surface area (Å²) in [5, 5.41) is 5.83. The van der Waals surface area contributed by atoms with E-state index in [1.54, 1.807) is 55.6 Å². The lowest BCUT2D eigenvalue weighted by Crippen LogP contribution is -2.28. The molecule has 144 valence electrons. The number of nitrogens with one attached hydrogen (secondary N) is 2. The lowest BCUT2D eigenvalue weighted by molar-refractivity contribution is 0.0947. The SMILES string of the molecule is COc1ccc(OCCNC(=O)c2ccnc(Nc3ccc(F)cc3)c2)cc1. The van der Waals surface area contributed by atoms with Crippen LogP contribution in [0.3, 0.4) is 0 Å². The smallest absolute Gasteiger partial charge is 0.251 e. The zero-order valence-electron chi connectivity index (χ0n) is 15.3. The quantitative estimate of drug-likeness (QED) is 0.581. The number of hydrogen-bond acceptors (Lipinski definition) is 5. The maximum Gasteiger partial charge on any atom is 0.251 e. The van der Waals surface area contributed by atoms with Crippen molar-refractivity contribution in [3.05, 3.63) is 78.2 Å². The molecule has 0 saturated heterocycles. The largest absolute Gasteiger partial charge is 0.497 e. The van der Waals surface area contributed by atoms with E-state index in [9.17, 15) is 9.18 Å². The van der Waals surface area contributed by atoms with Crippen LogP contribution in [-0.2, 0) is 0 Å². The molecule has 3 aromatic rings. The number of hydrogen-bond donors (Lipinski definition) is 2. The third-order valence-electron chi connectivity index (χ3n) is 3.85. The summed E-state index contributed by atoms with van der Waals surface area (Å²) in [5.74, 6) is 1.40. The van der Waals surface area contributed by atoms with Crippen LogP contribution in [0.5, 0.6) is 11.5 Å². The van der Waals surface area contributed by atoms with Gasteiger partial charge in [0.05, 0.1) is 13.7 Å². The molecular formula is C21H20FN3O3. The molecule has 0 radical (unpaired) electrons. The van der Waals surface area contributed by atoms with Crippen LogP contribution < -0.4 is 20.1 Å². The predicted octanol–water partition coefficient (Wildman–Crippen LogP) is 3.78. The van der Waals surface area contributed by atoms with Crippen molar-refractivity contribution in [2.45, 2.75) is 0 Å². The Morgan fingerprint density at radius 2 is 1.75 bits per heavy atom. The van der Waals surface area contributed by atoms with Crippen LogP contribution >= 0.6 is 0 Å². The van der Waals surface area contributed by atoms with Gasteiger partial charge in [-0.15, -0.1) is 0 Å². The van der Waals surface area contributed by atoms with Crippen LogP contribution in [-0.4, -0.2) is 31.2 Å². The average molecular weight is 381 g/mol. The summed E-state index contributed by atoms with van der Waals surface area (Å²) >= 11 is 0. The van der Waals surface area contributed by atoms with E-state index < -0.39 is 0 Å². The summed E-state index contributed by atoms with van der Waals surface area (Å²) < 4.78 is 23.6. The Hall–Kier alpha value is -3.61. The number of amides is 1. The first-order valence-corrected chi connectivity index (χ1v) is 8.68. The highest BCUT2D eigenvalue weighted by atomic mass is 19.1. The number of carbonyl (C=O) groups is 1. The number of rotatable bonds is 8. The van der Waals surface area contributed by atoms with Crippen molar-refractivity contribution in [1.29, 1.82) is 0 Å². The summed E-state index contributed by atoms with van der Waals surface area (Å²) in [5.41, 5.74) is 1.14. The average Bonchev–Trinajstić information content (AvgIpc) is 2.73. The van der Waals surface area contributed by atoms with Gasteiger partial charge in [0.2, 0.25) is 0 Å². The monoisotopic (exact) mass is 381 g/mol. The van der Waals surface area contributed by atoms with Crippen molar-refractivity contribution in [2.75, 3.05) is 25.6 Å². The molecule has 0 aliphatic rings. The molecule has 7 heteroatoms. The lowest BCUT2D eigenvalue weighted by atomic mass is 10.2. The second-order valence-electron chi connectivity index (χ2n) is 5.84. The number of ether oxygens (including phenoxy) is 2. The fourth-order valence-corrected chi connectivity index (χ4v) is 2.43. The van der Waals surface area contributed by atoms with Crippen LogP contribution in [0.15, 0.2) is 66.9 Å². The fraction of sp³-hybridized carbons (Fsp3) is 0.143. The Bertz CT molecular complexity index is 915. The van der Waals surface area contributed by atoms with Crippen LogP contribution in [0, 0.1) is 5.82 Å². The second kappa shape index (κ2) is 9.36. The standard InChI is InChI=1S/C21H20FN3O3/c1-27-18-6-8-19(9-7-18)28-13-12-24-21(26)15-10-11-23-20(14-15)25-17-4-2-16(22)3-5-17/h2-11,14H,12-13H2,1H3,(H,23,25)(H,24,26). The van der Waals surface area contributed by atoms with E-state index in [-0.39, 0.29) is 11.7 Å². The van der Waals surface area contributed by atoms with Gasteiger partial charge in [0.25, 0.3) is 5.91 Å². The topological polar surface area (TPSA) is 72.5 Å². The van der Waals surface area contributed by atoms with Crippen molar-refractivity contribution in [1.82, 2.24) is 10.3 Å². The normalized spacial score (nSPS) is 10.2. The Morgan fingerprint density at radius 3 is 2.46 bits per heavy atom. The van der Waals surface area contributed by atoms with Gasteiger partial charge < -0.3 is 20.1 Å². The highest BCUT2D eigenvalue weighted by molar-refractivity contribution is 5.94. The van der Waals surface area contributed by atoms with Crippen molar-refractivity contribution in [2.24, 2.45) is 0 Å². The van der Waals surface area contributed by atoms with E-state index in [4.69, 9.17) is 9.47 Å². The molecule has 28 heavy (non-hydrogen) atoms. The highest BCUT2D eigenvalue weighted by Gasteiger charge is 2.07. The van der Waals surface area contributed by atoms with Gasteiger partial charge in [-0.2, -0.15) is 0 Å². The van der Waals surface area contributed by atoms with Gasteiger partial charge in [0.15, 0.2) is 0 Å². The minimum Gasteiger partial charge on any atom is -0.497 e. The zero-order chi connectivity index (χ0) is 19.8. The fourth-order valence-electron chi connectivity index (χ4n) is 2.43. The Balaban J connectivity index is 1.49. The predicted molar refractivity (Wildman–Crippen MR) is 105 cm³/mol. The third-order valence-corrected chi connectivity index (χ3v) is 3.85. The molecule has 0 fully saturated rings. The molecule has 0 bridgehead atoms. The Kier molecular flexibility index (Phi) is 6.41. The van der Waals surface area contributed by atoms with Crippen LogP contribution in [0.25, 0.3) is 0 Å². The molecule has 6 nitrogen and oxygen atoms in total. The van der Waals surface area contributed by atoms with E-state index in [1.165, 1.54) is 18.3 Å². The van der Waals surface area contributed by atoms with E-state index >= 15 is 0 Å². The van der Waals surface area contributed by atoms with Gasteiger partial charge in [-0.3, -0.25) is 4.79 Å². The number of aromatic nitrogens is 1. The van der Waals surface area contributed by atoms with Gasteiger partial charge in [-0.05, 0) is 60.7 Å². The Morgan fingerprint density at radius 1 is 1.04 bits per heavy atom. The maximum absolute atomic E-state index is 13.0. The van der Waals surface area contributed by atoms with E-state index in [2.05, 4.69) is 15.6 Å². The molecule has 3 rings (SSSR count). The van der Waals surface area contributed by atoms with Crippen LogP contribution in [0.2, 0.25) is 0 Å². The number of pyridine rings is 1. The van der Waals surface area contributed by atoms with Crippen molar-refractivity contribution < 1.29 is 18.7 Å². The van der Waals surface area contributed by atoms with E-state index in [1.807, 2.05) is 0 Å². The zero-order valence-corrected chi connectivity index (χ0v) is 15.3. The van der Waals surface area contributed by atoms with Gasteiger partial charge >= 0.3 is 0 Å². The molecule has 1 heterocycles. The molecule has 0 aliphatic heterocycles. The summed E-state index contributed by atoms with van der Waals surface area (Å²) in [6, 6.07) is 16.4. The molecule has 0 atom stereocenters. The molecule has 1 aromatic heterocycles. The second-order valence-corrected chi connectivity index (χ2v) is 5.84. The first-order valence-electron chi connectivity index (χ1n) is 8.68. The molecule has 2 aromatic carbocycles. The van der Waals surface area contributed by atoms with Crippen molar-refractivity contribution in [3.8, 4) is 11.5 Å². The molecule has 1 amide bonds. The number of benzene rings is 2. The van der Waals surface area contributed by atoms with Gasteiger partial charge in [0.1, 0.15) is 29.7 Å². The highest BCUT2D eigenvalue weighted by Crippen LogP contribution is 2.17. The maximum atomic E-state index is 13.0. The van der Waals surface area contributed by atoms with E-state index in [0.717, 1.165) is 5.75 Å². The number of anilines is 2. The molecule has 0 saturated carbocycles. The molecular weight excluding hydrogens is 361 g/mol. The minimum atomic E-state index is -0.316. The number of halogens is 1. The minimum absolute atomic E-state index is 0.233. The lowest BCUT2D eigenvalue weighted by Gasteiger charge is -2.10.